The molecule has 1 aliphatic rings. The van der Waals surface area contributed by atoms with Crippen molar-refractivity contribution in [2.45, 2.75) is 16.8 Å². The minimum atomic E-state index is -1.27. The maximum atomic E-state index is 11.4. The first-order valence-electron chi connectivity index (χ1n) is 7.84. The zero-order valence-electron chi connectivity index (χ0n) is 13.6. The molecule has 4 rings (SSSR count). The van der Waals surface area contributed by atoms with E-state index in [4.69, 9.17) is 9.15 Å². The van der Waals surface area contributed by atoms with Gasteiger partial charge in [-0.3, -0.25) is 0 Å². The Bertz CT molecular complexity index is 1040. The third kappa shape index (κ3) is 2.75. The number of hydrogen-bond acceptors (Lipinski definition) is 5. The Labute approximate surface area is 148 Å². The third-order valence-corrected chi connectivity index (χ3v) is 5.53. The van der Waals surface area contributed by atoms with Crippen LogP contribution in [0.3, 0.4) is 0 Å². The molecule has 5 heteroatoms. The highest BCUT2D eigenvalue weighted by Gasteiger charge is 2.42. The van der Waals surface area contributed by atoms with Gasteiger partial charge < -0.3 is 14.3 Å². The molecular formula is C20H16O4S. The molecule has 0 saturated heterocycles. The van der Waals surface area contributed by atoms with Gasteiger partial charge in [-0.1, -0.05) is 36.0 Å². The predicted molar refractivity (Wildman–Crippen MR) is 99.0 cm³/mol. The lowest BCUT2D eigenvalue weighted by Crippen LogP contribution is -2.30. The second-order valence-corrected chi connectivity index (χ2v) is 7.39. The molecule has 4 nitrogen and oxygen atoms in total. The van der Waals surface area contributed by atoms with E-state index >= 15 is 0 Å². The van der Waals surface area contributed by atoms with Gasteiger partial charge in [0.15, 0.2) is 4.93 Å². The number of aryl methyl sites for hydroxylation is 1. The lowest BCUT2D eigenvalue weighted by atomic mass is 9.98. The molecule has 0 radical (unpaired) electrons. The van der Waals surface area contributed by atoms with E-state index in [0.717, 1.165) is 21.4 Å². The smallest absolute Gasteiger partial charge is 0.336 e. The molecule has 1 aliphatic heterocycles. The molecule has 1 atom stereocenters. The van der Waals surface area contributed by atoms with Crippen LogP contribution in [0, 0.1) is 6.92 Å². The number of fused-ring (bicyclic) bond motifs is 3. The maximum Gasteiger partial charge on any atom is 0.336 e. The minimum Gasteiger partial charge on any atom is -0.489 e. The molecule has 1 N–H and O–H groups in total. The maximum absolute atomic E-state index is 11.4. The molecule has 0 saturated carbocycles. The normalized spacial score (nSPS) is 19.2. The average molecular weight is 352 g/mol. The summed E-state index contributed by atoms with van der Waals surface area (Å²) in [7, 11) is 0. The molecule has 1 unspecified atom stereocenters. The van der Waals surface area contributed by atoms with Crippen molar-refractivity contribution in [2.24, 2.45) is 0 Å². The number of rotatable bonds is 3. The fourth-order valence-electron chi connectivity index (χ4n) is 2.90. The molecule has 2 aromatic carbocycles. The van der Waals surface area contributed by atoms with Gasteiger partial charge in [-0.05, 0) is 42.8 Å². The SMILES string of the molecule is C=C1c2c(ccc3oc(=O)ccc23)SC1(O)COc1ccc(C)cc1. The van der Waals surface area contributed by atoms with Gasteiger partial charge in [0, 0.05) is 21.9 Å². The van der Waals surface area contributed by atoms with Crippen molar-refractivity contribution < 1.29 is 14.3 Å². The Kier molecular flexibility index (Phi) is 3.71. The largest absolute Gasteiger partial charge is 0.489 e. The molecule has 1 aromatic heterocycles. The van der Waals surface area contributed by atoms with Gasteiger partial charge in [0.05, 0.1) is 0 Å². The summed E-state index contributed by atoms with van der Waals surface area (Å²) >= 11 is 1.30. The van der Waals surface area contributed by atoms with Crippen LogP contribution in [0.15, 0.2) is 69.2 Å². The zero-order valence-corrected chi connectivity index (χ0v) is 14.4. The highest BCUT2D eigenvalue weighted by atomic mass is 32.2. The van der Waals surface area contributed by atoms with Gasteiger partial charge in [-0.15, -0.1) is 0 Å². The molecule has 2 heterocycles. The zero-order chi connectivity index (χ0) is 17.6. The van der Waals surface area contributed by atoms with Gasteiger partial charge in [-0.25, -0.2) is 4.79 Å². The summed E-state index contributed by atoms with van der Waals surface area (Å²) in [5.74, 6) is 0.694. The van der Waals surface area contributed by atoms with Crippen LogP contribution in [0.4, 0.5) is 0 Å². The predicted octanol–water partition coefficient (Wildman–Crippen LogP) is 3.99. The minimum absolute atomic E-state index is 0.0759. The van der Waals surface area contributed by atoms with E-state index in [0.29, 0.717) is 16.9 Å². The third-order valence-electron chi connectivity index (χ3n) is 4.27. The highest BCUT2D eigenvalue weighted by molar-refractivity contribution is 8.01. The van der Waals surface area contributed by atoms with E-state index in [9.17, 15) is 9.90 Å². The standard InChI is InChI=1S/C20H16O4S/c1-12-3-5-14(6-4-12)23-11-20(22)13(2)19-15-7-10-18(21)24-16(15)8-9-17(19)25-20/h3-10,22H,2,11H2,1H3. The van der Waals surface area contributed by atoms with Gasteiger partial charge in [0.2, 0.25) is 0 Å². The summed E-state index contributed by atoms with van der Waals surface area (Å²) in [6.07, 6.45) is 0. The number of ether oxygens (including phenoxy) is 1. The fraction of sp³-hybridized carbons (Fsp3) is 0.150. The summed E-state index contributed by atoms with van der Waals surface area (Å²) in [5.41, 5.74) is 2.59. The summed E-state index contributed by atoms with van der Waals surface area (Å²) < 4.78 is 11.0. The topological polar surface area (TPSA) is 59.7 Å². The van der Waals surface area contributed by atoms with Gasteiger partial charge in [0.25, 0.3) is 0 Å². The Morgan fingerprint density at radius 2 is 1.92 bits per heavy atom. The van der Waals surface area contributed by atoms with Crippen LogP contribution >= 0.6 is 11.8 Å². The summed E-state index contributed by atoms with van der Waals surface area (Å²) in [4.78, 5) is 11.0. The summed E-state index contributed by atoms with van der Waals surface area (Å²) in [5, 5.41) is 11.8. The first kappa shape index (κ1) is 16.0. The van der Waals surface area contributed by atoms with E-state index in [2.05, 4.69) is 6.58 Å². The van der Waals surface area contributed by atoms with E-state index in [1.165, 1.54) is 17.8 Å². The Morgan fingerprint density at radius 1 is 1.16 bits per heavy atom. The summed E-state index contributed by atoms with van der Waals surface area (Å²) in [6, 6.07) is 14.3. The number of thioether (sulfide) groups is 1. The van der Waals surface area contributed by atoms with E-state index in [1.54, 1.807) is 12.1 Å². The van der Waals surface area contributed by atoms with Crippen LogP contribution in [0.2, 0.25) is 0 Å². The van der Waals surface area contributed by atoms with Crippen molar-refractivity contribution in [3.63, 3.8) is 0 Å². The van der Waals surface area contributed by atoms with Gasteiger partial charge in [-0.2, -0.15) is 0 Å². The Balaban J connectivity index is 1.66. The first-order valence-corrected chi connectivity index (χ1v) is 8.65. The molecule has 0 bridgehead atoms. The second-order valence-electron chi connectivity index (χ2n) is 6.07. The van der Waals surface area contributed by atoms with Crippen molar-refractivity contribution in [1.82, 2.24) is 0 Å². The molecule has 0 spiro atoms. The van der Waals surface area contributed by atoms with Crippen LogP contribution in [0.25, 0.3) is 16.5 Å². The van der Waals surface area contributed by atoms with E-state index in [-0.39, 0.29) is 6.61 Å². The van der Waals surface area contributed by atoms with Crippen LogP contribution in [-0.4, -0.2) is 16.6 Å². The van der Waals surface area contributed by atoms with Crippen molar-refractivity contribution in [3.05, 3.63) is 76.7 Å². The first-order chi connectivity index (χ1) is 12.0. The fourth-order valence-corrected chi connectivity index (χ4v) is 4.07. The molecule has 126 valence electrons. The van der Waals surface area contributed by atoms with Crippen LogP contribution in [0.1, 0.15) is 11.1 Å². The van der Waals surface area contributed by atoms with Gasteiger partial charge in [0.1, 0.15) is 17.9 Å². The quantitative estimate of drug-likeness (QED) is 0.722. The highest BCUT2D eigenvalue weighted by Crippen LogP contribution is 2.52. The van der Waals surface area contributed by atoms with E-state index in [1.807, 2.05) is 37.3 Å². The van der Waals surface area contributed by atoms with Crippen molar-refractivity contribution >= 4 is 28.3 Å². The lowest BCUT2D eigenvalue weighted by Gasteiger charge is -2.23. The molecule has 0 fully saturated rings. The Hall–Kier alpha value is -2.50. The number of hydrogen-bond donors (Lipinski definition) is 1. The molecule has 25 heavy (non-hydrogen) atoms. The van der Waals surface area contributed by atoms with Crippen molar-refractivity contribution in [3.8, 4) is 5.75 Å². The number of aliphatic hydroxyl groups is 1. The van der Waals surface area contributed by atoms with Crippen molar-refractivity contribution in [1.29, 1.82) is 0 Å². The number of benzene rings is 2. The molecule has 0 aliphatic carbocycles. The molecule has 3 aromatic rings. The van der Waals surface area contributed by atoms with Crippen LogP contribution in [0.5, 0.6) is 5.75 Å². The van der Waals surface area contributed by atoms with Gasteiger partial charge >= 0.3 is 5.63 Å². The van der Waals surface area contributed by atoms with E-state index < -0.39 is 10.6 Å². The monoisotopic (exact) mass is 352 g/mol. The van der Waals surface area contributed by atoms with Crippen molar-refractivity contribution in [2.75, 3.05) is 6.61 Å². The lowest BCUT2D eigenvalue weighted by molar-refractivity contribution is 0.126. The molecular weight excluding hydrogens is 336 g/mol. The average Bonchev–Trinajstić information content (AvgIpc) is 2.86. The second kappa shape index (κ2) is 5.79. The Morgan fingerprint density at radius 3 is 2.68 bits per heavy atom. The van der Waals surface area contributed by atoms with Crippen LogP contribution in [-0.2, 0) is 0 Å². The molecule has 0 amide bonds. The summed E-state index contributed by atoms with van der Waals surface area (Å²) in [6.45, 7) is 6.16. The van der Waals surface area contributed by atoms with Crippen LogP contribution < -0.4 is 10.4 Å².